The number of ether oxygens (including phenoxy) is 1. The molecule has 0 aliphatic heterocycles. The van der Waals surface area contributed by atoms with Crippen molar-refractivity contribution in [2.45, 2.75) is 79.9 Å². The lowest BCUT2D eigenvalue weighted by Crippen LogP contribution is -2.54. The van der Waals surface area contributed by atoms with Crippen LogP contribution in [-0.4, -0.2) is 34.9 Å². The first-order valence-corrected chi connectivity index (χ1v) is 11.3. The SMILES string of the molecule is CCC(C(=O)NC(C)(C)C)N(Cc1ccc(C)cc1)C(=O)COc1cc(C)cc(C)c1C. The summed E-state index contributed by atoms with van der Waals surface area (Å²) in [6.45, 7) is 16.0. The minimum absolute atomic E-state index is 0.116. The third-order valence-electron chi connectivity index (χ3n) is 5.47. The van der Waals surface area contributed by atoms with Crippen LogP contribution in [0.5, 0.6) is 5.75 Å². The largest absolute Gasteiger partial charge is 0.483 e. The first kappa shape index (κ1) is 25.4. The van der Waals surface area contributed by atoms with E-state index in [0.717, 1.165) is 27.8 Å². The van der Waals surface area contributed by atoms with Gasteiger partial charge in [-0.3, -0.25) is 9.59 Å². The predicted octanol–water partition coefficient (Wildman–Crippen LogP) is 5.02. The molecule has 5 heteroatoms. The van der Waals surface area contributed by atoms with E-state index in [1.165, 1.54) is 0 Å². The van der Waals surface area contributed by atoms with Crippen LogP contribution in [-0.2, 0) is 16.1 Å². The van der Waals surface area contributed by atoms with Crippen LogP contribution < -0.4 is 10.1 Å². The zero-order chi connectivity index (χ0) is 24.1. The number of aryl methyl sites for hydroxylation is 3. The highest BCUT2D eigenvalue weighted by Crippen LogP contribution is 2.24. The van der Waals surface area contributed by atoms with E-state index in [1.54, 1.807) is 4.90 Å². The Labute approximate surface area is 193 Å². The molecular formula is C27H38N2O3. The fraction of sp³-hybridized carbons (Fsp3) is 0.481. The summed E-state index contributed by atoms with van der Waals surface area (Å²) in [5.41, 5.74) is 4.98. The van der Waals surface area contributed by atoms with Gasteiger partial charge in [-0.1, -0.05) is 42.8 Å². The van der Waals surface area contributed by atoms with E-state index < -0.39 is 6.04 Å². The summed E-state index contributed by atoms with van der Waals surface area (Å²) >= 11 is 0. The molecule has 0 heterocycles. The number of amides is 2. The molecule has 1 N–H and O–H groups in total. The molecule has 0 fully saturated rings. The second-order valence-corrected chi connectivity index (χ2v) is 9.66. The van der Waals surface area contributed by atoms with Gasteiger partial charge in [0.25, 0.3) is 5.91 Å². The van der Waals surface area contributed by atoms with Gasteiger partial charge in [-0.25, -0.2) is 0 Å². The highest BCUT2D eigenvalue weighted by molar-refractivity contribution is 5.88. The topological polar surface area (TPSA) is 58.6 Å². The predicted molar refractivity (Wildman–Crippen MR) is 130 cm³/mol. The molecule has 5 nitrogen and oxygen atoms in total. The smallest absolute Gasteiger partial charge is 0.261 e. The van der Waals surface area contributed by atoms with Gasteiger partial charge in [-0.15, -0.1) is 0 Å². The minimum atomic E-state index is -0.577. The van der Waals surface area contributed by atoms with Crippen molar-refractivity contribution in [3.63, 3.8) is 0 Å². The number of nitrogens with one attached hydrogen (secondary N) is 1. The lowest BCUT2D eigenvalue weighted by Gasteiger charge is -2.33. The second-order valence-electron chi connectivity index (χ2n) is 9.66. The van der Waals surface area contributed by atoms with E-state index >= 15 is 0 Å². The maximum Gasteiger partial charge on any atom is 0.261 e. The highest BCUT2D eigenvalue weighted by atomic mass is 16.5. The summed E-state index contributed by atoms with van der Waals surface area (Å²) in [4.78, 5) is 28.1. The van der Waals surface area contributed by atoms with Crippen LogP contribution in [0.15, 0.2) is 36.4 Å². The van der Waals surface area contributed by atoms with Gasteiger partial charge in [0.15, 0.2) is 6.61 Å². The molecule has 32 heavy (non-hydrogen) atoms. The van der Waals surface area contributed by atoms with E-state index in [9.17, 15) is 9.59 Å². The van der Waals surface area contributed by atoms with Crippen LogP contribution in [0.25, 0.3) is 0 Å². The van der Waals surface area contributed by atoms with Crippen molar-refractivity contribution < 1.29 is 14.3 Å². The number of nitrogens with zero attached hydrogens (tertiary/aromatic N) is 1. The fourth-order valence-corrected chi connectivity index (χ4v) is 3.64. The number of hydrogen-bond donors (Lipinski definition) is 1. The lowest BCUT2D eigenvalue weighted by molar-refractivity contribution is -0.143. The maximum absolute atomic E-state index is 13.4. The van der Waals surface area contributed by atoms with Gasteiger partial charge in [0.05, 0.1) is 0 Å². The highest BCUT2D eigenvalue weighted by Gasteiger charge is 2.31. The molecule has 1 unspecified atom stereocenters. The summed E-state index contributed by atoms with van der Waals surface area (Å²) in [6.07, 6.45) is 0.516. The van der Waals surface area contributed by atoms with E-state index in [0.29, 0.717) is 18.7 Å². The number of rotatable bonds is 8. The molecule has 0 aromatic heterocycles. The Bertz CT molecular complexity index is 943. The molecule has 0 spiro atoms. The van der Waals surface area contributed by atoms with Crippen molar-refractivity contribution in [3.8, 4) is 5.75 Å². The van der Waals surface area contributed by atoms with Crippen LogP contribution in [0.2, 0.25) is 0 Å². The molecule has 2 aromatic carbocycles. The van der Waals surface area contributed by atoms with Crippen LogP contribution in [0.4, 0.5) is 0 Å². The normalized spacial score (nSPS) is 12.2. The van der Waals surface area contributed by atoms with Crippen molar-refractivity contribution in [1.29, 1.82) is 0 Å². The molecule has 2 aromatic rings. The monoisotopic (exact) mass is 438 g/mol. The lowest BCUT2D eigenvalue weighted by atomic mass is 10.1. The molecule has 2 amide bonds. The van der Waals surface area contributed by atoms with Gasteiger partial charge in [-0.2, -0.15) is 0 Å². The molecule has 174 valence electrons. The summed E-state index contributed by atoms with van der Waals surface area (Å²) < 4.78 is 5.95. The number of carbonyl (C=O) groups is 2. The van der Waals surface area contributed by atoms with Crippen LogP contribution in [0, 0.1) is 27.7 Å². The van der Waals surface area contributed by atoms with Gasteiger partial charge in [0.1, 0.15) is 11.8 Å². The summed E-state index contributed by atoms with van der Waals surface area (Å²) in [5, 5.41) is 3.02. The fourth-order valence-electron chi connectivity index (χ4n) is 3.64. The number of hydrogen-bond acceptors (Lipinski definition) is 3. The Morgan fingerprint density at radius 1 is 1.00 bits per heavy atom. The molecular weight excluding hydrogens is 400 g/mol. The molecule has 0 saturated heterocycles. The Morgan fingerprint density at radius 3 is 2.19 bits per heavy atom. The Hall–Kier alpha value is -2.82. The first-order valence-electron chi connectivity index (χ1n) is 11.3. The van der Waals surface area contributed by atoms with Crippen LogP contribution in [0.3, 0.4) is 0 Å². The minimum Gasteiger partial charge on any atom is -0.483 e. The van der Waals surface area contributed by atoms with E-state index in [-0.39, 0.29) is 24.0 Å². The summed E-state index contributed by atoms with van der Waals surface area (Å²) in [5.74, 6) is 0.349. The van der Waals surface area contributed by atoms with Crippen molar-refractivity contribution in [3.05, 3.63) is 64.2 Å². The van der Waals surface area contributed by atoms with E-state index in [2.05, 4.69) is 11.4 Å². The van der Waals surface area contributed by atoms with Gasteiger partial charge >= 0.3 is 0 Å². The standard InChI is InChI=1S/C27H38N2O3/c1-9-23(26(31)28-27(6,7)8)29(16-22-12-10-18(2)11-13-22)25(30)17-32-24-15-19(3)14-20(4)21(24)5/h10-15,23H,9,16-17H2,1-8H3,(H,28,31). The molecule has 0 bridgehead atoms. The molecule has 2 rings (SSSR count). The van der Waals surface area contributed by atoms with Gasteiger partial charge in [0.2, 0.25) is 5.91 Å². The quantitative estimate of drug-likeness (QED) is 0.629. The molecule has 0 radical (unpaired) electrons. The third kappa shape index (κ3) is 7.11. The van der Waals surface area contributed by atoms with Crippen molar-refractivity contribution in [1.82, 2.24) is 10.2 Å². The third-order valence-corrected chi connectivity index (χ3v) is 5.47. The van der Waals surface area contributed by atoms with Crippen molar-refractivity contribution in [2.24, 2.45) is 0 Å². The zero-order valence-electron chi connectivity index (χ0n) is 20.8. The molecule has 0 aliphatic rings. The van der Waals surface area contributed by atoms with Crippen LogP contribution >= 0.6 is 0 Å². The Kier molecular flexibility index (Phi) is 8.48. The molecule has 0 saturated carbocycles. The second kappa shape index (κ2) is 10.7. The Balaban J connectivity index is 2.28. The molecule has 0 aliphatic carbocycles. The van der Waals surface area contributed by atoms with Crippen molar-refractivity contribution >= 4 is 11.8 Å². The first-order chi connectivity index (χ1) is 14.9. The number of benzene rings is 2. The molecule has 1 atom stereocenters. The Morgan fingerprint density at radius 2 is 1.62 bits per heavy atom. The average molecular weight is 439 g/mol. The van der Waals surface area contributed by atoms with E-state index in [4.69, 9.17) is 4.74 Å². The maximum atomic E-state index is 13.4. The van der Waals surface area contributed by atoms with Gasteiger partial charge < -0.3 is 15.0 Å². The van der Waals surface area contributed by atoms with Gasteiger partial charge in [0, 0.05) is 12.1 Å². The van der Waals surface area contributed by atoms with Crippen molar-refractivity contribution in [2.75, 3.05) is 6.61 Å². The summed E-state index contributed by atoms with van der Waals surface area (Å²) in [7, 11) is 0. The van der Waals surface area contributed by atoms with Gasteiger partial charge in [-0.05, 0) is 83.2 Å². The zero-order valence-corrected chi connectivity index (χ0v) is 20.8. The van der Waals surface area contributed by atoms with E-state index in [1.807, 2.05) is 85.7 Å². The number of carbonyl (C=O) groups excluding carboxylic acids is 2. The average Bonchev–Trinajstić information content (AvgIpc) is 2.69. The summed E-state index contributed by atoms with van der Waals surface area (Å²) in [6, 6.07) is 11.5. The van der Waals surface area contributed by atoms with Crippen LogP contribution in [0.1, 0.15) is 61.9 Å².